The Balaban J connectivity index is 2.99. The molecule has 1 rings (SSSR count). The molecule has 7 nitrogen and oxygen atoms in total. The summed E-state index contributed by atoms with van der Waals surface area (Å²) < 4.78 is 9.70. The molecular formula is C11H14N2O5. The fraction of sp³-hybridized carbons (Fsp3) is 0.455. The van der Waals surface area contributed by atoms with Gasteiger partial charge in [-0.1, -0.05) is 13.3 Å². The van der Waals surface area contributed by atoms with Crippen molar-refractivity contribution in [1.29, 1.82) is 0 Å². The Morgan fingerprint density at radius 3 is 2.78 bits per heavy atom. The largest absolute Gasteiger partial charge is 0.473 e. The van der Waals surface area contributed by atoms with E-state index in [4.69, 9.17) is 4.74 Å². The van der Waals surface area contributed by atoms with Gasteiger partial charge in [0.05, 0.1) is 18.6 Å². The highest BCUT2D eigenvalue weighted by Crippen LogP contribution is 2.24. The second-order valence-electron chi connectivity index (χ2n) is 3.47. The monoisotopic (exact) mass is 254 g/mol. The van der Waals surface area contributed by atoms with Crippen molar-refractivity contribution in [3.63, 3.8) is 0 Å². The summed E-state index contributed by atoms with van der Waals surface area (Å²) in [4.78, 5) is 25.2. The molecule has 0 aromatic carbocycles. The molecule has 0 aliphatic rings. The molecule has 0 aliphatic heterocycles. The second kappa shape index (κ2) is 6.53. The molecular weight excluding hydrogens is 240 g/mol. The summed E-state index contributed by atoms with van der Waals surface area (Å²) >= 11 is 0. The van der Waals surface area contributed by atoms with Crippen LogP contribution in [0.3, 0.4) is 0 Å². The van der Waals surface area contributed by atoms with Gasteiger partial charge in [-0.25, -0.2) is 9.78 Å². The molecule has 0 aliphatic carbocycles. The van der Waals surface area contributed by atoms with Crippen LogP contribution < -0.4 is 4.74 Å². The quantitative estimate of drug-likeness (QED) is 0.333. The minimum absolute atomic E-state index is 0.0189. The van der Waals surface area contributed by atoms with Crippen LogP contribution in [-0.2, 0) is 4.74 Å². The normalized spacial score (nSPS) is 9.89. The van der Waals surface area contributed by atoms with Crippen LogP contribution in [0.25, 0.3) is 0 Å². The predicted octanol–water partition coefficient (Wildman–Crippen LogP) is 1.96. The number of methoxy groups -OCH3 is 1. The highest BCUT2D eigenvalue weighted by atomic mass is 16.6. The molecule has 1 aromatic heterocycles. The number of nitrogens with zero attached hydrogens (tertiary/aromatic N) is 2. The minimum atomic E-state index is -0.662. The number of carbonyl (C=O) groups excluding carboxylic acids is 1. The molecule has 0 saturated carbocycles. The summed E-state index contributed by atoms with van der Waals surface area (Å²) in [6.07, 6.45) is 1.64. The van der Waals surface area contributed by atoms with E-state index in [1.807, 2.05) is 6.92 Å². The molecule has 0 saturated heterocycles. The van der Waals surface area contributed by atoms with Gasteiger partial charge in [-0.15, -0.1) is 0 Å². The van der Waals surface area contributed by atoms with Crippen LogP contribution in [0, 0.1) is 10.1 Å². The van der Waals surface area contributed by atoms with Gasteiger partial charge < -0.3 is 9.47 Å². The van der Waals surface area contributed by atoms with E-state index < -0.39 is 10.9 Å². The van der Waals surface area contributed by atoms with E-state index in [1.54, 1.807) is 0 Å². The summed E-state index contributed by atoms with van der Waals surface area (Å²) in [7, 11) is 1.21. The Bertz CT molecular complexity index is 447. The topological polar surface area (TPSA) is 91.6 Å². The van der Waals surface area contributed by atoms with Crippen molar-refractivity contribution in [2.75, 3.05) is 13.7 Å². The predicted molar refractivity (Wildman–Crippen MR) is 62.6 cm³/mol. The second-order valence-corrected chi connectivity index (χ2v) is 3.47. The maximum Gasteiger partial charge on any atom is 0.356 e. The number of pyridine rings is 1. The molecule has 1 aromatic rings. The van der Waals surface area contributed by atoms with E-state index >= 15 is 0 Å². The molecule has 0 radical (unpaired) electrons. The van der Waals surface area contributed by atoms with Gasteiger partial charge in [-0.05, 0) is 12.5 Å². The maximum atomic E-state index is 11.3. The van der Waals surface area contributed by atoms with Crippen molar-refractivity contribution < 1.29 is 19.2 Å². The number of esters is 1. The van der Waals surface area contributed by atoms with Crippen LogP contribution in [-0.4, -0.2) is 29.6 Å². The summed E-state index contributed by atoms with van der Waals surface area (Å²) in [5.74, 6) is -0.818. The molecule has 0 N–H and O–H groups in total. The van der Waals surface area contributed by atoms with Gasteiger partial charge in [-0.3, -0.25) is 10.1 Å². The SMILES string of the molecule is CCCCOc1nc(C(=O)OC)ccc1[N+](=O)[O-]. The number of ether oxygens (including phenoxy) is 2. The third kappa shape index (κ3) is 3.41. The van der Waals surface area contributed by atoms with Crippen molar-refractivity contribution in [2.24, 2.45) is 0 Å². The number of unbranched alkanes of at least 4 members (excludes halogenated alkanes) is 1. The highest BCUT2D eigenvalue weighted by molar-refractivity contribution is 5.87. The van der Waals surface area contributed by atoms with Crippen molar-refractivity contribution in [3.8, 4) is 5.88 Å². The molecule has 0 atom stereocenters. The zero-order valence-electron chi connectivity index (χ0n) is 10.2. The first kappa shape index (κ1) is 13.9. The van der Waals surface area contributed by atoms with Gasteiger partial charge >= 0.3 is 11.7 Å². The molecule has 0 unspecified atom stereocenters. The fourth-order valence-electron chi connectivity index (χ4n) is 1.21. The first-order valence-electron chi connectivity index (χ1n) is 5.46. The molecule has 0 bridgehead atoms. The molecule has 0 amide bonds. The fourth-order valence-corrected chi connectivity index (χ4v) is 1.21. The van der Waals surface area contributed by atoms with Gasteiger partial charge in [0.15, 0.2) is 5.69 Å². The summed E-state index contributed by atoms with van der Waals surface area (Å²) in [5, 5.41) is 10.8. The van der Waals surface area contributed by atoms with E-state index in [0.717, 1.165) is 12.8 Å². The number of carbonyl (C=O) groups is 1. The summed E-state index contributed by atoms with van der Waals surface area (Å²) in [6, 6.07) is 2.41. The van der Waals surface area contributed by atoms with Crippen LogP contribution in [0.2, 0.25) is 0 Å². The van der Waals surface area contributed by atoms with Gasteiger partial charge in [0, 0.05) is 6.07 Å². The van der Waals surface area contributed by atoms with Crippen LogP contribution in [0.1, 0.15) is 30.3 Å². The maximum absolute atomic E-state index is 11.3. The van der Waals surface area contributed by atoms with Crippen molar-refractivity contribution >= 4 is 11.7 Å². The lowest BCUT2D eigenvalue weighted by molar-refractivity contribution is -0.386. The number of hydrogen-bond acceptors (Lipinski definition) is 6. The van der Waals surface area contributed by atoms with E-state index in [1.165, 1.54) is 19.2 Å². The van der Waals surface area contributed by atoms with Gasteiger partial charge in [0.2, 0.25) is 0 Å². The Hall–Kier alpha value is -2.18. The zero-order valence-corrected chi connectivity index (χ0v) is 10.2. The van der Waals surface area contributed by atoms with E-state index in [2.05, 4.69) is 9.72 Å². The van der Waals surface area contributed by atoms with Crippen LogP contribution in [0.5, 0.6) is 5.88 Å². The molecule has 98 valence electrons. The number of rotatable bonds is 6. The molecule has 0 fully saturated rings. The average Bonchev–Trinajstić information content (AvgIpc) is 2.37. The summed E-state index contributed by atoms with van der Waals surface area (Å²) in [5.41, 5.74) is -0.284. The number of nitro groups is 1. The van der Waals surface area contributed by atoms with Crippen molar-refractivity contribution in [2.45, 2.75) is 19.8 Å². The first-order chi connectivity index (χ1) is 8.60. The lowest BCUT2D eigenvalue weighted by atomic mass is 10.3. The lowest BCUT2D eigenvalue weighted by Crippen LogP contribution is -2.08. The minimum Gasteiger partial charge on any atom is -0.473 e. The summed E-state index contributed by atoms with van der Waals surface area (Å²) in [6.45, 7) is 2.28. The van der Waals surface area contributed by atoms with E-state index in [0.29, 0.717) is 6.61 Å². The van der Waals surface area contributed by atoms with Gasteiger partial charge in [-0.2, -0.15) is 0 Å². The third-order valence-corrected chi connectivity index (χ3v) is 2.17. The Labute approximate surface area is 104 Å². The third-order valence-electron chi connectivity index (χ3n) is 2.17. The van der Waals surface area contributed by atoms with E-state index in [9.17, 15) is 14.9 Å². The Morgan fingerprint density at radius 1 is 1.50 bits per heavy atom. The highest BCUT2D eigenvalue weighted by Gasteiger charge is 2.20. The zero-order chi connectivity index (χ0) is 13.5. The van der Waals surface area contributed by atoms with Crippen molar-refractivity contribution in [1.82, 2.24) is 4.98 Å². The number of aromatic nitrogens is 1. The Kier molecular flexibility index (Phi) is 5.04. The van der Waals surface area contributed by atoms with Gasteiger partial charge in [0.25, 0.3) is 5.88 Å². The van der Waals surface area contributed by atoms with Crippen LogP contribution in [0.15, 0.2) is 12.1 Å². The van der Waals surface area contributed by atoms with Crippen LogP contribution in [0.4, 0.5) is 5.69 Å². The average molecular weight is 254 g/mol. The van der Waals surface area contributed by atoms with E-state index in [-0.39, 0.29) is 17.3 Å². The molecule has 7 heteroatoms. The molecule has 1 heterocycles. The molecule has 0 spiro atoms. The first-order valence-corrected chi connectivity index (χ1v) is 5.46. The Morgan fingerprint density at radius 2 is 2.22 bits per heavy atom. The van der Waals surface area contributed by atoms with Gasteiger partial charge in [0.1, 0.15) is 0 Å². The lowest BCUT2D eigenvalue weighted by Gasteiger charge is -2.06. The standard InChI is InChI=1S/C11H14N2O5/c1-3-4-7-18-10-9(13(15)16)6-5-8(12-10)11(14)17-2/h5-6H,3-4,7H2,1-2H3. The van der Waals surface area contributed by atoms with Crippen LogP contribution >= 0.6 is 0 Å². The molecule has 18 heavy (non-hydrogen) atoms. The smallest absolute Gasteiger partial charge is 0.356 e. The van der Waals surface area contributed by atoms with Crippen molar-refractivity contribution in [3.05, 3.63) is 27.9 Å². The number of hydrogen-bond donors (Lipinski definition) is 0.